The highest BCUT2D eigenvalue weighted by Gasteiger charge is 2.33. The summed E-state index contributed by atoms with van der Waals surface area (Å²) in [5, 5.41) is 21.3. The number of amides is 1. The molecule has 1 amide bonds. The monoisotopic (exact) mass is 451 g/mol. The Hall–Kier alpha value is -4.54. The molecule has 0 saturated heterocycles. The number of halogens is 3. The van der Waals surface area contributed by atoms with Crippen LogP contribution in [0.25, 0.3) is 16.8 Å². The van der Waals surface area contributed by atoms with Gasteiger partial charge in [0.2, 0.25) is 5.82 Å². The Morgan fingerprint density at radius 1 is 1.00 bits per heavy atom. The van der Waals surface area contributed by atoms with Gasteiger partial charge in [-0.3, -0.25) is 10.2 Å². The van der Waals surface area contributed by atoms with Gasteiger partial charge in [-0.05, 0) is 51.9 Å². The average Bonchev–Trinajstić information content (AvgIpc) is 3.29. The molecule has 11 heteroatoms. The van der Waals surface area contributed by atoms with Gasteiger partial charge in [0.25, 0.3) is 5.91 Å². The molecule has 0 radical (unpaired) electrons. The Morgan fingerprint density at radius 3 is 2.42 bits per heavy atom. The van der Waals surface area contributed by atoms with Crippen molar-refractivity contribution in [1.29, 1.82) is 5.41 Å². The summed E-state index contributed by atoms with van der Waals surface area (Å²) >= 11 is 0. The normalized spacial score (nSPS) is 11.2. The molecule has 1 heterocycles. The molecule has 4 aromatic rings. The van der Waals surface area contributed by atoms with E-state index in [0.29, 0.717) is 22.5 Å². The molecule has 8 nitrogen and oxygen atoms in total. The minimum Gasteiger partial charge on any atom is -0.384 e. The molecular weight excluding hydrogens is 435 g/mol. The highest BCUT2D eigenvalue weighted by molar-refractivity contribution is 6.02. The molecule has 0 saturated carbocycles. The number of anilines is 1. The summed E-state index contributed by atoms with van der Waals surface area (Å²) in [6.45, 7) is 0. The second kappa shape index (κ2) is 8.54. The van der Waals surface area contributed by atoms with Crippen LogP contribution in [-0.2, 0) is 6.18 Å². The van der Waals surface area contributed by atoms with Crippen LogP contribution in [0, 0.1) is 5.41 Å². The fourth-order valence-corrected chi connectivity index (χ4v) is 3.21. The van der Waals surface area contributed by atoms with Crippen molar-refractivity contribution in [2.24, 2.45) is 5.73 Å². The molecule has 0 fully saturated rings. The van der Waals surface area contributed by atoms with Crippen LogP contribution in [0.4, 0.5) is 18.9 Å². The number of aromatic nitrogens is 4. The lowest BCUT2D eigenvalue weighted by atomic mass is 9.99. The summed E-state index contributed by atoms with van der Waals surface area (Å²) in [6, 6.07) is 17.7. The molecule has 0 bridgehead atoms. The Labute approximate surface area is 185 Å². The zero-order valence-corrected chi connectivity index (χ0v) is 16.8. The summed E-state index contributed by atoms with van der Waals surface area (Å²) in [4.78, 5) is 12.7. The molecule has 1 aromatic heterocycles. The average molecular weight is 451 g/mol. The number of nitrogens with one attached hydrogen (secondary N) is 2. The number of carbonyl (C=O) groups is 1. The van der Waals surface area contributed by atoms with Gasteiger partial charge >= 0.3 is 6.18 Å². The van der Waals surface area contributed by atoms with Gasteiger partial charge in [0.15, 0.2) is 0 Å². The summed E-state index contributed by atoms with van der Waals surface area (Å²) in [5.41, 5.74) is 6.36. The third-order valence-corrected chi connectivity index (χ3v) is 4.76. The van der Waals surface area contributed by atoms with Crippen LogP contribution in [0.3, 0.4) is 0 Å². The van der Waals surface area contributed by atoms with Crippen molar-refractivity contribution < 1.29 is 18.0 Å². The molecule has 0 unspecified atom stereocenters. The predicted molar refractivity (Wildman–Crippen MR) is 115 cm³/mol. The van der Waals surface area contributed by atoms with Crippen LogP contribution < -0.4 is 11.1 Å². The van der Waals surface area contributed by atoms with Gasteiger partial charge in [0.1, 0.15) is 5.84 Å². The largest absolute Gasteiger partial charge is 0.417 e. The SMILES string of the molecule is N=C(N)c1cccc(-n2nnnc2C(=O)Nc2ccc(-c3ccccc3C(F)(F)F)cc2)c1. The molecular formula is C22H16F3N7O. The second-order valence-electron chi connectivity index (χ2n) is 6.95. The van der Waals surface area contributed by atoms with Crippen molar-refractivity contribution >= 4 is 17.4 Å². The number of nitrogen functional groups attached to an aromatic ring is 1. The van der Waals surface area contributed by atoms with E-state index in [9.17, 15) is 18.0 Å². The topological polar surface area (TPSA) is 123 Å². The number of rotatable bonds is 5. The summed E-state index contributed by atoms with van der Waals surface area (Å²) in [6.07, 6.45) is -4.49. The molecule has 0 aliphatic carbocycles. The Morgan fingerprint density at radius 2 is 1.73 bits per heavy atom. The molecule has 33 heavy (non-hydrogen) atoms. The van der Waals surface area contributed by atoms with Gasteiger partial charge in [-0.25, -0.2) is 0 Å². The number of alkyl halides is 3. The van der Waals surface area contributed by atoms with Crippen molar-refractivity contribution in [3.8, 4) is 16.8 Å². The van der Waals surface area contributed by atoms with Crippen LogP contribution in [0.2, 0.25) is 0 Å². The van der Waals surface area contributed by atoms with Gasteiger partial charge in [0, 0.05) is 11.3 Å². The smallest absolute Gasteiger partial charge is 0.384 e. The standard InChI is InChI=1S/C22H16F3N7O/c23-22(24,25)18-7-2-1-6-17(18)13-8-10-15(11-9-13)28-21(33)20-29-30-31-32(20)16-5-3-4-14(12-16)19(26)27/h1-12H,(H3,26,27)(H,28,33). The lowest BCUT2D eigenvalue weighted by Crippen LogP contribution is -2.18. The molecule has 4 rings (SSSR count). The minimum atomic E-state index is -4.49. The molecule has 0 aliphatic rings. The number of carbonyl (C=O) groups excluding carboxylic acids is 1. The van der Waals surface area contributed by atoms with Crippen molar-refractivity contribution in [3.63, 3.8) is 0 Å². The van der Waals surface area contributed by atoms with Crippen LogP contribution in [0.15, 0.2) is 72.8 Å². The maximum Gasteiger partial charge on any atom is 0.417 e. The van der Waals surface area contributed by atoms with E-state index in [-0.39, 0.29) is 17.2 Å². The fraction of sp³-hybridized carbons (Fsp3) is 0.0455. The van der Waals surface area contributed by atoms with Gasteiger partial charge in [-0.15, -0.1) is 5.10 Å². The number of tetrazole rings is 1. The summed E-state index contributed by atoms with van der Waals surface area (Å²) < 4.78 is 41.1. The molecule has 4 N–H and O–H groups in total. The van der Waals surface area contributed by atoms with E-state index in [1.165, 1.54) is 47.1 Å². The van der Waals surface area contributed by atoms with E-state index in [1.54, 1.807) is 24.3 Å². The van der Waals surface area contributed by atoms with E-state index < -0.39 is 17.6 Å². The molecule has 0 aliphatic heterocycles. The third-order valence-electron chi connectivity index (χ3n) is 4.76. The van der Waals surface area contributed by atoms with Crippen molar-refractivity contribution in [2.75, 3.05) is 5.32 Å². The van der Waals surface area contributed by atoms with E-state index >= 15 is 0 Å². The fourth-order valence-electron chi connectivity index (χ4n) is 3.21. The zero-order chi connectivity index (χ0) is 23.6. The van der Waals surface area contributed by atoms with E-state index in [4.69, 9.17) is 11.1 Å². The number of benzene rings is 3. The predicted octanol–water partition coefficient (Wildman–Crippen LogP) is 3.88. The molecule has 0 atom stereocenters. The maximum atomic E-state index is 13.3. The third kappa shape index (κ3) is 4.56. The molecule has 3 aromatic carbocycles. The quantitative estimate of drug-likeness (QED) is 0.314. The molecule has 0 spiro atoms. The Balaban J connectivity index is 1.57. The number of nitrogens with two attached hydrogens (primary N) is 1. The van der Waals surface area contributed by atoms with Gasteiger partial charge < -0.3 is 11.1 Å². The number of hydrogen-bond donors (Lipinski definition) is 3. The lowest BCUT2D eigenvalue weighted by molar-refractivity contribution is -0.137. The second-order valence-corrected chi connectivity index (χ2v) is 6.95. The van der Waals surface area contributed by atoms with Crippen molar-refractivity contribution in [2.45, 2.75) is 6.18 Å². The van der Waals surface area contributed by atoms with Crippen LogP contribution in [0.1, 0.15) is 21.7 Å². The first kappa shape index (κ1) is 21.7. The first-order valence-corrected chi connectivity index (χ1v) is 9.55. The van der Waals surface area contributed by atoms with Gasteiger partial charge in [0.05, 0.1) is 11.3 Å². The lowest BCUT2D eigenvalue weighted by Gasteiger charge is -2.13. The van der Waals surface area contributed by atoms with Crippen LogP contribution >= 0.6 is 0 Å². The Kier molecular flexibility index (Phi) is 5.61. The first-order chi connectivity index (χ1) is 15.7. The zero-order valence-electron chi connectivity index (χ0n) is 16.8. The number of nitrogens with zero attached hydrogens (tertiary/aromatic N) is 4. The van der Waals surface area contributed by atoms with Crippen molar-refractivity contribution in [3.05, 3.63) is 89.7 Å². The maximum absolute atomic E-state index is 13.3. The summed E-state index contributed by atoms with van der Waals surface area (Å²) in [5.74, 6) is -0.901. The van der Waals surface area contributed by atoms with Gasteiger partial charge in [-0.1, -0.05) is 42.5 Å². The number of amidine groups is 1. The number of hydrogen-bond acceptors (Lipinski definition) is 5. The van der Waals surface area contributed by atoms with Gasteiger partial charge in [-0.2, -0.15) is 17.9 Å². The van der Waals surface area contributed by atoms with E-state index in [2.05, 4.69) is 20.8 Å². The Bertz CT molecular complexity index is 1330. The highest BCUT2D eigenvalue weighted by atomic mass is 19.4. The van der Waals surface area contributed by atoms with Crippen molar-refractivity contribution in [1.82, 2.24) is 20.2 Å². The van der Waals surface area contributed by atoms with E-state index in [0.717, 1.165) is 6.07 Å². The molecule has 166 valence electrons. The summed E-state index contributed by atoms with van der Waals surface area (Å²) in [7, 11) is 0. The van der Waals surface area contributed by atoms with E-state index in [1.807, 2.05) is 0 Å². The highest BCUT2D eigenvalue weighted by Crippen LogP contribution is 2.37. The van der Waals surface area contributed by atoms with Crippen LogP contribution in [-0.4, -0.2) is 32.0 Å². The first-order valence-electron chi connectivity index (χ1n) is 9.55. The minimum absolute atomic E-state index is 0.0390. The van der Waals surface area contributed by atoms with Crippen LogP contribution in [0.5, 0.6) is 0 Å².